The molecular weight excluding hydrogens is 186 g/mol. The molecule has 0 atom stereocenters. The molecule has 1 aromatic rings. The SMILES string of the molecule is CCOCCNCc1ccc(CC)cc1. The van der Waals surface area contributed by atoms with E-state index >= 15 is 0 Å². The highest BCUT2D eigenvalue weighted by Gasteiger charge is 1.93. The van der Waals surface area contributed by atoms with E-state index in [1.54, 1.807) is 0 Å². The summed E-state index contributed by atoms with van der Waals surface area (Å²) in [5.41, 5.74) is 2.73. The molecule has 0 spiro atoms. The highest BCUT2D eigenvalue weighted by atomic mass is 16.5. The lowest BCUT2D eigenvalue weighted by Gasteiger charge is -2.05. The number of hydrogen-bond acceptors (Lipinski definition) is 2. The fourth-order valence-electron chi connectivity index (χ4n) is 1.41. The molecule has 0 bridgehead atoms. The molecule has 84 valence electrons. The molecule has 1 aromatic carbocycles. The Morgan fingerprint density at radius 3 is 2.33 bits per heavy atom. The third kappa shape index (κ3) is 4.96. The van der Waals surface area contributed by atoms with Crippen LogP contribution in [-0.4, -0.2) is 19.8 Å². The third-order valence-corrected chi connectivity index (χ3v) is 2.39. The Kier molecular flexibility index (Phi) is 6.05. The van der Waals surface area contributed by atoms with E-state index in [9.17, 15) is 0 Å². The lowest BCUT2D eigenvalue weighted by molar-refractivity contribution is 0.149. The molecule has 0 saturated carbocycles. The molecule has 1 N–H and O–H groups in total. The summed E-state index contributed by atoms with van der Waals surface area (Å²) in [5, 5.41) is 3.35. The minimum absolute atomic E-state index is 0.795. The second kappa shape index (κ2) is 7.43. The first kappa shape index (κ1) is 12.2. The zero-order valence-electron chi connectivity index (χ0n) is 9.75. The zero-order valence-corrected chi connectivity index (χ0v) is 9.75. The van der Waals surface area contributed by atoms with Gasteiger partial charge in [0.25, 0.3) is 0 Å². The van der Waals surface area contributed by atoms with E-state index in [2.05, 4.69) is 36.5 Å². The number of rotatable bonds is 7. The summed E-state index contributed by atoms with van der Waals surface area (Å²) >= 11 is 0. The van der Waals surface area contributed by atoms with Crippen LogP contribution in [0.2, 0.25) is 0 Å². The fourth-order valence-corrected chi connectivity index (χ4v) is 1.41. The van der Waals surface area contributed by atoms with Gasteiger partial charge in [-0.15, -0.1) is 0 Å². The predicted octanol–water partition coefficient (Wildman–Crippen LogP) is 2.38. The summed E-state index contributed by atoms with van der Waals surface area (Å²) < 4.78 is 5.25. The van der Waals surface area contributed by atoms with Crippen molar-refractivity contribution in [3.63, 3.8) is 0 Å². The van der Waals surface area contributed by atoms with Crippen LogP contribution in [0.25, 0.3) is 0 Å². The number of hydrogen-bond donors (Lipinski definition) is 1. The van der Waals surface area contributed by atoms with Gasteiger partial charge in [0, 0.05) is 19.7 Å². The normalized spacial score (nSPS) is 10.5. The second-order valence-corrected chi connectivity index (χ2v) is 3.54. The van der Waals surface area contributed by atoms with Crippen LogP contribution in [0.5, 0.6) is 0 Å². The van der Waals surface area contributed by atoms with Gasteiger partial charge in [-0.1, -0.05) is 31.2 Å². The summed E-state index contributed by atoms with van der Waals surface area (Å²) in [6.45, 7) is 7.63. The largest absolute Gasteiger partial charge is 0.380 e. The van der Waals surface area contributed by atoms with Gasteiger partial charge < -0.3 is 10.1 Å². The van der Waals surface area contributed by atoms with E-state index in [0.29, 0.717) is 0 Å². The van der Waals surface area contributed by atoms with Gasteiger partial charge in [0.05, 0.1) is 6.61 Å². The highest BCUT2D eigenvalue weighted by molar-refractivity contribution is 5.22. The van der Waals surface area contributed by atoms with Crippen molar-refractivity contribution in [3.05, 3.63) is 35.4 Å². The Labute approximate surface area is 92.6 Å². The molecular formula is C13H21NO. The van der Waals surface area contributed by atoms with Crippen molar-refractivity contribution >= 4 is 0 Å². The van der Waals surface area contributed by atoms with Crippen molar-refractivity contribution in [2.45, 2.75) is 26.8 Å². The molecule has 0 amide bonds. The molecule has 0 aliphatic rings. The van der Waals surface area contributed by atoms with Crippen LogP contribution in [0.15, 0.2) is 24.3 Å². The second-order valence-electron chi connectivity index (χ2n) is 3.54. The Morgan fingerprint density at radius 1 is 1.07 bits per heavy atom. The van der Waals surface area contributed by atoms with Gasteiger partial charge in [0.1, 0.15) is 0 Å². The van der Waals surface area contributed by atoms with Gasteiger partial charge in [-0.25, -0.2) is 0 Å². The average molecular weight is 207 g/mol. The molecule has 0 unspecified atom stereocenters. The molecule has 2 heteroatoms. The third-order valence-electron chi connectivity index (χ3n) is 2.39. The summed E-state index contributed by atoms with van der Waals surface area (Å²) in [4.78, 5) is 0. The van der Waals surface area contributed by atoms with Crippen molar-refractivity contribution in [1.82, 2.24) is 5.32 Å². The fraction of sp³-hybridized carbons (Fsp3) is 0.538. The van der Waals surface area contributed by atoms with E-state index in [1.165, 1.54) is 11.1 Å². The monoisotopic (exact) mass is 207 g/mol. The number of aryl methyl sites for hydroxylation is 1. The van der Waals surface area contributed by atoms with Gasteiger partial charge in [-0.2, -0.15) is 0 Å². The molecule has 1 rings (SSSR count). The summed E-state index contributed by atoms with van der Waals surface area (Å²) in [6.07, 6.45) is 1.11. The Balaban J connectivity index is 2.20. The maximum atomic E-state index is 5.25. The molecule has 0 radical (unpaired) electrons. The summed E-state index contributed by atoms with van der Waals surface area (Å²) in [7, 11) is 0. The maximum absolute atomic E-state index is 5.25. The van der Waals surface area contributed by atoms with E-state index in [0.717, 1.165) is 32.7 Å². The summed E-state index contributed by atoms with van der Waals surface area (Å²) in [6, 6.07) is 8.76. The van der Waals surface area contributed by atoms with E-state index in [1.807, 2.05) is 6.92 Å². The van der Waals surface area contributed by atoms with Crippen LogP contribution >= 0.6 is 0 Å². The molecule has 2 nitrogen and oxygen atoms in total. The first-order valence-corrected chi connectivity index (χ1v) is 5.73. The van der Waals surface area contributed by atoms with Crippen LogP contribution in [0, 0.1) is 0 Å². The van der Waals surface area contributed by atoms with Crippen molar-refractivity contribution in [2.24, 2.45) is 0 Å². The van der Waals surface area contributed by atoms with Gasteiger partial charge in [0.2, 0.25) is 0 Å². The van der Waals surface area contributed by atoms with E-state index in [-0.39, 0.29) is 0 Å². The molecule has 0 aromatic heterocycles. The van der Waals surface area contributed by atoms with Crippen molar-refractivity contribution in [1.29, 1.82) is 0 Å². The van der Waals surface area contributed by atoms with Gasteiger partial charge in [0.15, 0.2) is 0 Å². The molecule has 0 saturated heterocycles. The number of benzene rings is 1. The quantitative estimate of drug-likeness (QED) is 0.693. The van der Waals surface area contributed by atoms with Gasteiger partial charge >= 0.3 is 0 Å². The number of nitrogens with one attached hydrogen (secondary N) is 1. The predicted molar refractivity (Wildman–Crippen MR) is 64.0 cm³/mol. The highest BCUT2D eigenvalue weighted by Crippen LogP contribution is 2.04. The molecule has 0 aliphatic heterocycles. The van der Waals surface area contributed by atoms with Crippen LogP contribution in [0.3, 0.4) is 0 Å². The standard InChI is InChI=1S/C13H21NO/c1-3-12-5-7-13(8-6-12)11-14-9-10-15-4-2/h5-8,14H,3-4,9-11H2,1-2H3. The maximum Gasteiger partial charge on any atom is 0.0590 e. The van der Waals surface area contributed by atoms with Crippen molar-refractivity contribution < 1.29 is 4.74 Å². The molecule has 0 heterocycles. The number of ether oxygens (including phenoxy) is 1. The molecule has 0 fully saturated rings. The van der Waals surface area contributed by atoms with E-state index in [4.69, 9.17) is 4.74 Å². The van der Waals surface area contributed by atoms with Crippen molar-refractivity contribution in [2.75, 3.05) is 19.8 Å². The Hall–Kier alpha value is -0.860. The van der Waals surface area contributed by atoms with Crippen LogP contribution < -0.4 is 5.32 Å². The van der Waals surface area contributed by atoms with Crippen molar-refractivity contribution in [3.8, 4) is 0 Å². The summed E-state index contributed by atoms with van der Waals surface area (Å²) in [5.74, 6) is 0. The molecule has 15 heavy (non-hydrogen) atoms. The smallest absolute Gasteiger partial charge is 0.0590 e. The van der Waals surface area contributed by atoms with Gasteiger partial charge in [-0.3, -0.25) is 0 Å². The Bertz CT molecular complexity index is 256. The van der Waals surface area contributed by atoms with Gasteiger partial charge in [-0.05, 0) is 24.5 Å². The van der Waals surface area contributed by atoms with Crippen LogP contribution in [0.1, 0.15) is 25.0 Å². The van der Waals surface area contributed by atoms with E-state index < -0.39 is 0 Å². The minimum atomic E-state index is 0.795. The average Bonchev–Trinajstić information content (AvgIpc) is 2.30. The van der Waals surface area contributed by atoms with Crippen LogP contribution in [-0.2, 0) is 17.7 Å². The van der Waals surface area contributed by atoms with Crippen LogP contribution in [0.4, 0.5) is 0 Å². The lowest BCUT2D eigenvalue weighted by atomic mass is 10.1. The lowest BCUT2D eigenvalue weighted by Crippen LogP contribution is -2.19. The first-order chi connectivity index (χ1) is 7.36. The zero-order chi connectivity index (χ0) is 10.9. The first-order valence-electron chi connectivity index (χ1n) is 5.73. The molecule has 0 aliphatic carbocycles. The minimum Gasteiger partial charge on any atom is -0.380 e. The Morgan fingerprint density at radius 2 is 1.73 bits per heavy atom. The topological polar surface area (TPSA) is 21.3 Å².